The average Bonchev–Trinajstić information content (AvgIpc) is 2.45. The Morgan fingerprint density at radius 2 is 2.05 bits per heavy atom. The molecule has 0 unspecified atom stereocenters. The molecule has 0 spiro atoms. The summed E-state index contributed by atoms with van der Waals surface area (Å²) in [7, 11) is 1.55. The van der Waals surface area contributed by atoms with Gasteiger partial charge in [0.1, 0.15) is 18.2 Å². The summed E-state index contributed by atoms with van der Waals surface area (Å²) in [5, 5.41) is 7.92. The Morgan fingerprint density at radius 3 is 2.75 bits per heavy atom. The molecule has 0 radical (unpaired) electrons. The van der Waals surface area contributed by atoms with Crippen LogP contribution in [0.3, 0.4) is 0 Å². The summed E-state index contributed by atoms with van der Waals surface area (Å²) < 4.78 is 10.7. The Hall–Kier alpha value is -2.27. The Labute approximate surface area is 121 Å². The van der Waals surface area contributed by atoms with Gasteiger partial charge < -0.3 is 15.2 Å². The first-order valence-electron chi connectivity index (χ1n) is 5.87. The number of hydrogen-bond donors (Lipinski definition) is 2. The molecular weight excluding hydrogens is 278 g/mol. The van der Waals surface area contributed by atoms with Crippen molar-refractivity contribution in [2.45, 2.75) is 6.61 Å². The number of nitrogens with zero attached hydrogens (tertiary/aromatic N) is 1. The van der Waals surface area contributed by atoms with Crippen molar-refractivity contribution in [2.75, 3.05) is 7.11 Å². The summed E-state index contributed by atoms with van der Waals surface area (Å²) in [6.45, 7) is 0.234. The SMILES string of the molecule is COc1cccc(COc2cccc(Cl)c2C(=N)N)n1. The standard InChI is InChI=1S/C14H14ClN3O2/c1-19-12-7-2-4-9(18-12)8-20-11-6-3-5-10(15)13(11)14(16)17/h2-7H,8H2,1H3,(H3,16,17). The molecule has 1 aromatic heterocycles. The molecule has 104 valence electrons. The molecule has 20 heavy (non-hydrogen) atoms. The van der Waals surface area contributed by atoms with Crippen molar-refractivity contribution in [1.82, 2.24) is 4.98 Å². The number of benzene rings is 1. The highest BCUT2D eigenvalue weighted by atomic mass is 35.5. The summed E-state index contributed by atoms with van der Waals surface area (Å²) in [6.07, 6.45) is 0. The molecule has 1 heterocycles. The topological polar surface area (TPSA) is 81.2 Å². The van der Waals surface area contributed by atoms with E-state index in [1.165, 1.54) is 0 Å². The van der Waals surface area contributed by atoms with Gasteiger partial charge in [-0.05, 0) is 18.2 Å². The van der Waals surface area contributed by atoms with Crippen LogP contribution in [0.25, 0.3) is 0 Å². The van der Waals surface area contributed by atoms with Crippen molar-refractivity contribution < 1.29 is 9.47 Å². The molecule has 6 heteroatoms. The van der Waals surface area contributed by atoms with Crippen LogP contribution in [0, 0.1) is 5.41 Å². The van der Waals surface area contributed by atoms with Crippen molar-refractivity contribution in [3.8, 4) is 11.6 Å². The van der Waals surface area contributed by atoms with E-state index in [0.29, 0.717) is 27.9 Å². The van der Waals surface area contributed by atoms with Crippen LogP contribution in [0.15, 0.2) is 36.4 Å². The smallest absolute Gasteiger partial charge is 0.213 e. The lowest BCUT2D eigenvalue weighted by Crippen LogP contribution is -2.14. The first kappa shape index (κ1) is 14.1. The zero-order chi connectivity index (χ0) is 14.5. The first-order chi connectivity index (χ1) is 9.61. The molecule has 0 atom stereocenters. The molecule has 0 aliphatic heterocycles. The summed E-state index contributed by atoms with van der Waals surface area (Å²) in [5.41, 5.74) is 6.61. The van der Waals surface area contributed by atoms with E-state index in [2.05, 4.69) is 4.98 Å². The molecule has 1 aromatic carbocycles. The van der Waals surface area contributed by atoms with Crippen LogP contribution < -0.4 is 15.2 Å². The molecule has 0 fully saturated rings. The van der Waals surface area contributed by atoms with Gasteiger partial charge in [-0.1, -0.05) is 23.7 Å². The maximum Gasteiger partial charge on any atom is 0.213 e. The van der Waals surface area contributed by atoms with Gasteiger partial charge >= 0.3 is 0 Å². The molecule has 0 saturated heterocycles. The number of aromatic nitrogens is 1. The van der Waals surface area contributed by atoms with E-state index in [1.54, 1.807) is 31.4 Å². The fraction of sp³-hybridized carbons (Fsp3) is 0.143. The highest BCUT2D eigenvalue weighted by molar-refractivity contribution is 6.34. The average molecular weight is 292 g/mol. The third-order valence-corrected chi connectivity index (χ3v) is 2.93. The summed E-state index contributed by atoms with van der Waals surface area (Å²) >= 11 is 6.02. The van der Waals surface area contributed by atoms with Gasteiger partial charge in [-0.3, -0.25) is 5.41 Å². The summed E-state index contributed by atoms with van der Waals surface area (Å²) in [5.74, 6) is 0.836. The predicted molar refractivity (Wildman–Crippen MR) is 77.6 cm³/mol. The number of nitrogens with one attached hydrogen (secondary N) is 1. The third-order valence-electron chi connectivity index (χ3n) is 2.61. The maximum atomic E-state index is 7.54. The fourth-order valence-electron chi connectivity index (χ4n) is 1.69. The molecule has 2 rings (SSSR count). The number of ether oxygens (including phenoxy) is 2. The van der Waals surface area contributed by atoms with E-state index in [9.17, 15) is 0 Å². The normalized spacial score (nSPS) is 10.1. The number of hydrogen-bond acceptors (Lipinski definition) is 4. The molecule has 2 aromatic rings. The molecule has 0 aliphatic rings. The van der Waals surface area contributed by atoms with Gasteiger partial charge in [0.05, 0.1) is 23.4 Å². The fourth-order valence-corrected chi connectivity index (χ4v) is 1.96. The zero-order valence-corrected chi connectivity index (χ0v) is 11.6. The third kappa shape index (κ3) is 3.19. The maximum absolute atomic E-state index is 7.54. The van der Waals surface area contributed by atoms with Crippen LogP contribution in [0.5, 0.6) is 11.6 Å². The van der Waals surface area contributed by atoms with Crippen LogP contribution in [0.2, 0.25) is 5.02 Å². The Balaban J connectivity index is 2.18. The number of pyridine rings is 1. The second kappa shape index (κ2) is 6.25. The predicted octanol–water partition coefficient (Wildman–Crippen LogP) is 2.61. The number of methoxy groups -OCH3 is 1. The van der Waals surface area contributed by atoms with Crippen molar-refractivity contribution in [3.63, 3.8) is 0 Å². The van der Waals surface area contributed by atoms with Crippen molar-refractivity contribution in [2.24, 2.45) is 5.73 Å². The lowest BCUT2D eigenvalue weighted by molar-refractivity contribution is 0.297. The van der Waals surface area contributed by atoms with Crippen molar-refractivity contribution in [3.05, 3.63) is 52.7 Å². The monoisotopic (exact) mass is 291 g/mol. The molecular formula is C14H14ClN3O2. The molecule has 0 amide bonds. The molecule has 3 N–H and O–H groups in total. The van der Waals surface area contributed by atoms with Gasteiger partial charge in [0.15, 0.2) is 0 Å². The Morgan fingerprint density at radius 1 is 1.30 bits per heavy atom. The van der Waals surface area contributed by atoms with Gasteiger partial charge in [0.2, 0.25) is 5.88 Å². The van der Waals surface area contributed by atoms with Gasteiger partial charge in [0.25, 0.3) is 0 Å². The molecule has 5 nitrogen and oxygen atoms in total. The lowest BCUT2D eigenvalue weighted by Gasteiger charge is -2.11. The van der Waals surface area contributed by atoms with Crippen LogP contribution in [-0.4, -0.2) is 17.9 Å². The van der Waals surface area contributed by atoms with E-state index >= 15 is 0 Å². The lowest BCUT2D eigenvalue weighted by atomic mass is 10.2. The number of nitrogens with two attached hydrogens (primary N) is 1. The highest BCUT2D eigenvalue weighted by Crippen LogP contribution is 2.26. The van der Waals surface area contributed by atoms with E-state index < -0.39 is 0 Å². The minimum absolute atomic E-state index is 0.135. The van der Waals surface area contributed by atoms with E-state index in [4.69, 9.17) is 32.2 Å². The second-order valence-electron chi connectivity index (χ2n) is 3.99. The summed E-state index contributed by atoms with van der Waals surface area (Å²) in [4.78, 5) is 4.24. The van der Waals surface area contributed by atoms with E-state index in [1.807, 2.05) is 12.1 Å². The van der Waals surface area contributed by atoms with Crippen LogP contribution in [-0.2, 0) is 6.61 Å². The highest BCUT2D eigenvalue weighted by Gasteiger charge is 2.11. The molecule has 0 aliphatic carbocycles. The van der Waals surface area contributed by atoms with Gasteiger partial charge in [-0.25, -0.2) is 4.98 Å². The van der Waals surface area contributed by atoms with Crippen LogP contribution in [0.1, 0.15) is 11.3 Å². The summed E-state index contributed by atoms with van der Waals surface area (Å²) in [6, 6.07) is 10.5. The number of amidine groups is 1. The number of rotatable bonds is 5. The quantitative estimate of drug-likeness (QED) is 0.655. The van der Waals surface area contributed by atoms with Crippen molar-refractivity contribution >= 4 is 17.4 Å². The first-order valence-corrected chi connectivity index (χ1v) is 6.25. The minimum atomic E-state index is -0.135. The van der Waals surface area contributed by atoms with Crippen molar-refractivity contribution in [1.29, 1.82) is 5.41 Å². The molecule has 0 bridgehead atoms. The van der Waals surface area contributed by atoms with Gasteiger partial charge in [-0.15, -0.1) is 0 Å². The molecule has 0 saturated carbocycles. The zero-order valence-electron chi connectivity index (χ0n) is 10.9. The largest absolute Gasteiger partial charge is 0.486 e. The number of nitrogen functional groups attached to an aromatic ring is 1. The van der Waals surface area contributed by atoms with E-state index in [-0.39, 0.29) is 12.4 Å². The Kier molecular flexibility index (Phi) is 4.42. The van der Waals surface area contributed by atoms with Crippen LogP contribution in [0.4, 0.5) is 0 Å². The Bertz CT molecular complexity index is 632. The van der Waals surface area contributed by atoms with E-state index in [0.717, 1.165) is 0 Å². The second-order valence-corrected chi connectivity index (χ2v) is 4.39. The van der Waals surface area contributed by atoms with Gasteiger partial charge in [0, 0.05) is 6.07 Å². The number of halogens is 1. The van der Waals surface area contributed by atoms with Crippen LogP contribution >= 0.6 is 11.6 Å². The van der Waals surface area contributed by atoms with Gasteiger partial charge in [-0.2, -0.15) is 0 Å². The minimum Gasteiger partial charge on any atom is -0.486 e.